The van der Waals surface area contributed by atoms with Gasteiger partial charge in [0.15, 0.2) is 12.4 Å². The first-order chi connectivity index (χ1) is 13.1. The number of furan rings is 1. The molecule has 0 saturated carbocycles. The number of nitrogens with one attached hydrogen (secondary N) is 1. The lowest BCUT2D eigenvalue weighted by Gasteiger charge is -2.08. The normalized spacial score (nSPS) is 10.6. The maximum Gasteiger partial charge on any atom is 0.266 e. The van der Waals surface area contributed by atoms with Gasteiger partial charge in [-0.05, 0) is 48.9 Å². The number of carbonyl (C=O) groups excluding carboxylic acids is 1. The van der Waals surface area contributed by atoms with E-state index in [1.165, 1.54) is 41.3 Å². The molecule has 0 atom stereocenters. The molecule has 2 heterocycles. The van der Waals surface area contributed by atoms with E-state index < -0.39 is 0 Å². The van der Waals surface area contributed by atoms with E-state index in [1.54, 1.807) is 18.2 Å². The van der Waals surface area contributed by atoms with Gasteiger partial charge in [0.05, 0.1) is 6.26 Å². The summed E-state index contributed by atoms with van der Waals surface area (Å²) in [6.07, 6.45) is 2.06. The lowest BCUT2D eigenvalue weighted by Crippen LogP contribution is -2.31. The molecule has 3 rings (SSSR count). The van der Waals surface area contributed by atoms with Gasteiger partial charge in [0.25, 0.3) is 11.5 Å². The van der Waals surface area contributed by atoms with Gasteiger partial charge in [-0.1, -0.05) is 0 Å². The number of halogens is 1. The summed E-state index contributed by atoms with van der Waals surface area (Å²) >= 11 is 0. The highest BCUT2D eigenvalue weighted by atomic mass is 19.1. The van der Waals surface area contributed by atoms with Crippen molar-refractivity contribution in [3.05, 3.63) is 71.0 Å². The number of hydrogen-bond donors (Lipinski definition) is 1. The maximum absolute atomic E-state index is 12.8. The highest BCUT2D eigenvalue weighted by Gasteiger charge is 2.06. The smallest absolute Gasteiger partial charge is 0.266 e. The molecule has 7 nitrogen and oxygen atoms in total. The second kappa shape index (κ2) is 8.79. The molecule has 0 spiro atoms. The number of benzene rings is 1. The van der Waals surface area contributed by atoms with Crippen LogP contribution in [0.5, 0.6) is 5.75 Å². The fraction of sp³-hybridized carbons (Fsp3) is 0.211. The Kier molecular flexibility index (Phi) is 5.98. The number of aryl methyl sites for hydroxylation is 1. The molecule has 1 amide bonds. The Morgan fingerprint density at radius 3 is 2.74 bits per heavy atom. The quantitative estimate of drug-likeness (QED) is 0.614. The predicted octanol–water partition coefficient (Wildman–Crippen LogP) is 2.23. The average Bonchev–Trinajstić information content (AvgIpc) is 3.21. The van der Waals surface area contributed by atoms with Crippen LogP contribution >= 0.6 is 0 Å². The molecule has 0 radical (unpaired) electrons. The molecule has 8 heteroatoms. The summed E-state index contributed by atoms with van der Waals surface area (Å²) in [7, 11) is 0. The van der Waals surface area contributed by atoms with Crippen LogP contribution in [0.2, 0.25) is 0 Å². The third-order valence-corrected chi connectivity index (χ3v) is 3.69. The molecule has 0 fully saturated rings. The standard InChI is InChI=1S/C19H18FN3O4/c20-14-4-6-15(7-5-14)27-13-18(24)21-10-2-11-23-19(25)9-8-16(22-23)17-3-1-12-26-17/h1,3-9,12H,2,10-11,13H2,(H,21,24). The zero-order valence-electron chi connectivity index (χ0n) is 14.4. The van der Waals surface area contributed by atoms with Gasteiger partial charge < -0.3 is 14.5 Å². The van der Waals surface area contributed by atoms with Gasteiger partial charge in [0.2, 0.25) is 0 Å². The fourth-order valence-electron chi connectivity index (χ4n) is 2.35. The largest absolute Gasteiger partial charge is 0.484 e. The van der Waals surface area contributed by atoms with Crippen LogP contribution < -0.4 is 15.6 Å². The Balaban J connectivity index is 1.43. The zero-order valence-corrected chi connectivity index (χ0v) is 14.4. The summed E-state index contributed by atoms with van der Waals surface area (Å²) in [4.78, 5) is 23.7. The summed E-state index contributed by atoms with van der Waals surface area (Å²) in [6, 6.07) is 12.0. The number of rotatable bonds is 8. The molecular formula is C19H18FN3O4. The molecular weight excluding hydrogens is 353 g/mol. The second-order valence-corrected chi connectivity index (χ2v) is 5.70. The number of ether oxygens (including phenoxy) is 1. The molecule has 0 unspecified atom stereocenters. The first-order valence-electron chi connectivity index (χ1n) is 8.39. The first kappa shape index (κ1) is 18.4. The van der Waals surface area contributed by atoms with Crippen molar-refractivity contribution in [1.82, 2.24) is 15.1 Å². The highest BCUT2D eigenvalue weighted by Crippen LogP contribution is 2.15. The first-order valence-corrected chi connectivity index (χ1v) is 8.39. The van der Waals surface area contributed by atoms with Gasteiger partial charge in [-0.25, -0.2) is 9.07 Å². The minimum atomic E-state index is -0.369. The summed E-state index contributed by atoms with van der Waals surface area (Å²) in [5.41, 5.74) is 0.340. The minimum absolute atomic E-state index is 0.169. The van der Waals surface area contributed by atoms with Crippen molar-refractivity contribution < 1.29 is 18.3 Å². The Morgan fingerprint density at radius 1 is 1.19 bits per heavy atom. The van der Waals surface area contributed by atoms with Crippen LogP contribution in [0.1, 0.15) is 6.42 Å². The van der Waals surface area contributed by atoms with Crippen molar-refractivity contribution in [2.24, 2.45) is 0 Å². The van der Waals surface area contributed by atoms with Gasteiger partial charge in [-0.3, -0.25) is 9.59 Å². The van der Waals surface area contributed by atoms with Gasteiger partial charge >= 0.3 is 0 Å². The molecule has 0 bridgehead atoms. The van der Waals surface area contributed by atoms with Crippen LogP contribution in [0.3, 0.4) is 0 Å². The summed E-state index contributed by atoms with van der Waals surface area (Å²) < 4.78 is 24.7. The summed E-state index contributed by atoms with van der Waals surface area (Å²) in [5, 5.41) is 6.95. The topological polar surface area (TPSA) is 86.4 Å². The highest BCUT2D eigenvalue weighted by molar-refractivity contribution is 5.77. The number of nitrogens with zero attached hydrogens (tertiary/aromatic N) is 2. The molecule has 0 saturated heterocycles. The van der Waals surface area contributed by atoms with Crippen molar-refractivity contribution in [1.29, 1.82) is 0 Å². The Bertz CT molecular complexity index is 936. The van der Waals surface area contributed by atoms with Crippen molar-refractivity contribution in [2.45, 2.75) is 13.0 Å². The van der Waals surface area contributed by atoms with E-state index in [9.17, 15) is 14.0 Å². The van der Waals surface area contributed by atoms with E-state index in [2.05, 4.69) is 10.4 Å². The van der Waals surface area contributed by atoms with Crippen molar-refractivity contribution in [3.8, 4) is 17.2 Å². The van der Waals surface area contributed by atoms with Gasteiger partial charge in [0.1, 0.15) is 17.3 Å². The third kappa shape index (κ3) is 5.27. The summed E-state index contributed by atoms with van der Waals surface area (Å²) in [5.74, 6) is 0.322. The third-order valence-electron chi connectivity index (χ3n) is 3.69. The monoisotopic (exact) mass is 371 g/mol. The predicted molar refractivity (Wildman–Crippen MR) is 95.7 cm³/mol. The SMILES string of the molecule is O=C(COc1ccc(F)cc1)NCCCn1nc(-c2ccco2)ccc1=O. The van der Waals surface area contributed by atoms with E-state index in [-0.39, 0.29) is 23.9 Å². The number of carbonyl (C=O) groups is 1. The minimum Gasteiger partial charge on any atom is -0.484 e. The van der Waals surface area contributed by atoms with Crippen molar-refractivity contribution in [2.75, 3.05) is 13.2 Å². The number of amides is 1. The molecule has 1 aromatic carbocycles. The fourth-order valence-corrected chi connectivity index (χ4v) is 2.35. The van der Waals surface area contributed by atoms with Crippen LogP contribution in [-0.4, -0.2) is 28.8 Å². The van der Waals surface area contributed by atoms with Crippen molar-refractivity contribution in [3.63, 3.8) is 0 Å². The Morgan fingerprint density at radius 2 is 2.00 bits per heavy atom. The molecule has 0 aliphatic rings. The van der Waals surface area contributed by atoms with Crippen molar-refractivity contribution >= 4 is 5.91 Å². The van der Waals surface area contributed by atoms with E-state index in [4.69, 9.17) is 9.15 Å². The van der Waals surface area contributed by atoms with Gasteiger partial charge in [-0.2, -0.15) is 5.10 Å². The van der Waals surface area contributed by atoms with E-state index >= 15 is 0 Å². The van der Waals surface area contributed by atoms with Crippen LogP contribution in [0.4, 0.5) is 4.39 Å². The molecule has 1 N–H and O–H groups in total. The van der Waals surface area contributed by atoms with E-state index in [1.807, 2.05) is 0 Å². The lowest BCUT2D eigenvalue weighted by atomic mass is 10.3. The molecule has 27 heavy (non-hydrogen) atoms. The molecule has 0 aliphatic heterocycles. The van der Waals surface area contributed by atoms with Crippen LogP contribution in [0.25, 0.3) is 11.5 Å². The molecule has 2 aromatic heterocycles. The Labute approximate surface area is 154 Å². The maximum atomic E-state index is 12.8. The molecule has 140 valence electrons. The molecule has 0 aliphatic carbocycles. The average molecular weight is 371 g/mol. The lowest BCUT2D eigenvalue weighted by molar-refractivity contribution is -0.123. The van der Waals surface area contributed by atoms with Gasteiger partial charge in [0, 0.05) is 19.2 Å². The Hall–Kier alpha value is -3.42. The van der Waals surface area contributed by atoms with Crippen LogP contribution in [-0.2, 0) is 11.3 Å². The van der Waals surface area contributed by atoms with Crippen LogP contribution in [0.15, 0.2) is 64.0 Å². The molecule has 3 aromatic rings. The summed E-state index contributed by atoms with van der Waals surface area (Å²) in [6.45, 7) is 0.551. The van der Waals surface area contributed by atoms with Crippen LogP contribution in [0, 0.1) is 5.82 Å². The second-order valence-electron chi connectivity index (χ2n) is 5.70. The number of aromatic nitrogens is 2. The van der Waals surface area contributed by atoms with E-state index in [0.29, 0.717) is 36.7 Å². The van der Waals surface area contributed by atoms with E-state index in [0.717, 1.165) is 0 Å². The number of hydrogen-bond acceptors (Lipinski definition) is 5. The zero-order chi connectivity index (χ0) is 19.1. The van der Waals surface area contributed by atoms with Gasteiger partial charge in [-0.15, -0.1) is 0 Å².